The Kier molecular flexibility index (Phi) is 5.59. The van der Waals surface area contributed by atoms with Gasteiger partial charge in [0.15, 0.2) is 11.0 Å². The van der Waals surface area contributed by atoms with Crippen LogP contribution < -0.4 is 4.74 Å². The minimum Gasteiger partial charge on any atom is -0.494 e. The third kappa shape index (κ3) is 3.95. The summed E-state index contributed by atoms with van der Waals surface area (Å²) in [4.78, 5) is 0. The summed E-state index contributed by atoms with van der Waals surface area (Å²) in [6.07, 6.45) is 0. The maximum absolute atomic E-state index is 8.88. The van der Waals surface area contributed by atoms with Crippen molar-refractivity contribution in [2.45, 2.75) is 12.1 Å². The van der Waals surface area contributed by atoms with Crippen LogP contribution in [0.4, 0.5) is 0 Å². The molecule has 0 radical (unpaired) electrons. The average molecular weight is 371 g/mol. The first-order valence-electron chi connectivity index (χ1n) is 7.67. The fraction of sp³-hybridized carbons (Fsp3) is 0.167. The quantitative estimate of drug-likeness (QED) is 0.593. The van der Waals surface area contributed by atoms with Gasteiger partial charge < -0.3 is 4.74 Å². The van der Waals surface area contributed by atoms with Gasteiger partial charge in [0.2, 0.25) is 0 Å². The summed E-state index contributed by atoms with van der Waals surface area (Å²) in [6.45, 7) is 2.56. The standard InChI is InChI=1S/C18H15ClN4OS/c1-2-24-16-8-6-15(7-9-16)23-17(13-4-3-5-14(19)12-13)21-22-18(23)25-11-10-20/h3-9,12H,2,11H2,1H3. The first-order valence-corrected chi connectivity index (χ1v) is 9.03. The minimum atomic E-state index is 0.296. The van der Waals surface area contributed by atoms with Gasteiger partial charge in [0.1, 0.15) is 5.75 Å². The predicted molar refractivity (Wildman–Crippen MR) is 99.3 cm³/mol. The Labute approximate surface area is 155 Å². The van der Waals surface area contributed by atoms with Crippen molar-refractivity contribution in [1.82, 2.24) is 14.8 Å². The summed E-state index contributed by atoms with van der Waals surface area (Å²) in [6, 6.07) is 17.3. The fourth-order valence-electron chi connectivity index (χ4n) is 2.37. The van der Waals surface area contributed by atoms with Gasteiger partial charge in [-0.25, -0.2) is 0 Å². The van der Waals surface area contributed by atoms with Gasteiger partial charge >= 0.3 is 0 Å². The van der Waals surface area contributed by atoms with E-state index in [1.54, 1.807) is 0 Å². The number of benzene rings is 2. The lowest BCUT2D eigenvalue weighted by atomic mass is 10.2. The Morgan fingerprint density at radius 2 is 2.00 bits per heavy atom. The number of rotatable bonds is 6. The van der Waals surface area contributed by atoms with Gasteiger partial charge in [-0.2, -0.15) is 5.26 Å². The third-order valence-electron chi connectivity index (χ3n) is 3.39. The number of halogens is 1. The van der Waals surface area contributed by atoms with Crippen molar-refractivity contribution in [1.29, 1.82) is 5.26 Å². The number of ether oxygens (including phenoxy) is 1. The van der Waals surface area contributed by atoms with Crippen LogP contribution in [0.25, 0.3) is 17.1 Å². The molecule has 0 unspecified atom stereocenters. The van der Waals surface area contributed by atoms with E-state index >= 15 is 0 Å². The van der Waals surface area contributed by atoms with Crippen molar-refractivity contribution >= 4 is 23.4 Å². The molecule has 0 N–H and O–H groups in total. The zero-order valence-electron chi connectivity index (χ0n) is 13.5. The highest BCUT2D eigenvalue weighted by Crippen LogP contribution is 2.29. The largest absolute Gasteiger partial charge is 0.494 e. The molecule has 0 saturated carbocycles. The second-order valence-electron chi connectivity index (χ2n) is 5.03. The second-order valence-corrected chi connectivity index (χ2v) is 6.40. The maximum atomic E-state index is 8.88. The second kappa shape index (κ2) is 8.06. The molecular weight excluding hydrogens is 356 g/mol. The summed E-state index contributed by atoms with van der Waals surface area (Å²) in [5.41, 5.74) is 1.75. The van der Waals surface area contributed by atoms with Gasteiger partial charge in [-0.3, -0.25) is 4.57 Å². The van der Waals surface area contributed by atoms with Crippen LogP contribution in [-0.2, 0) is 0 Å². The van der Waals surface area contributed by atoms with Crippen molar-refractivity contribution in [3.8, 4) is 28.9 Å². The van der Waals surface area contributed by atoms with Crippen molar-refractivity contribution in [3.63, 3.8) is 0 Å². The maximum Gasteiger partial charge on any atom is 0.197 e. The molecular formula is C18H15ClN4OS. The summed E-state index contributed by atoms with van der Waals surface area (Å²) in [5, 5.41) is 18.7. The number of hydrogen-bond donors (Lipinski definition) is 0. The molecule has 2 aromatic carbocycles. The molecule has 5 nitrogen and oxygen atoms in total. The number of thioether (sulfide) groups is 1. The van der Waals surface area contributed by atoms with Gasteiger partial charge in [0, 0.05) is 16.3 Å². The molecule has 126 valence electrons. The number of aromatic nitrogens is 3. The zero-order chi connectivity index (χ0) is 17.6. The van der Waals surface area contributed by atoms with E-state index in [1.807, 2.05) is 60.0 Å². The molecule has 0 aliphatic rings. The van der Waals surface area contributed by atoms with E-state index in [1.165, 1.54) is 11.8 Å². The fourth-order valence-corrected chi connectivity index (χ4v) is 3.17. The molecule has 0 aliphatic carbocycles. The number of nitrogens with zero attached hydrogens (tertiary/aromatic N) is 4. The van der Waals surface area contributed by atoms with E-state index in [0.29, 0.717) is 28.4 Å². The van der Waals surface area contributed by atoms with E-state index in [2.05, 4.69) is 16.3 Å². The van der Waals surface area contributed by atoms with Crippen molar-refractivity contribution in [2.75, 3.05) is 12.4 Å². The van der Waals surface area contributed by atoms with Gasteiger partial charge in [-0.05, 0) is 43.3 Å². The minimum absolute atomic E-state index is 0.296. The topological polar surface area (TPSA) is 63.7 Å². The molecule has 7 heteroatoms. The highest BCUT2D eigenvalue weighted by molar-refractivity contribution is 7.99. The van der Waals surface area contributed by atoms with Crippen LogP contribution in [0.2, 0.25) is 5.02 Å². The van der Waals surface area contributed by atoms with Crippen molar-refractivity contribution < 1.29 is 4.74 Å². The van der Waals surface area contributed by atoms with E-state index < -0.39 is 0 Å². The van der Waals surface area contributed by atoms with Crippen LogP contribution in [-0.4, -0.2) is 27.1 Å². The van der Waals surface area contributed by atoms with Crippen molar-refractivity contribution in [2.24, 2.45) is 0 Å². The Morgan fingerprint density at radius 3 is 2.68 bits per heavy atom. The normalized spacial score (nSPS) is 10.4. The summed E-state index contributed by atoms with van der Waals surface area (Å²) >= 11 is 7.46. The molecule has 1 aromatic heterocycles. The van der Waals surface area contributed by atoms with Crippen LogP contribution in [0.1, 0.15) is 6.92 Å². The lowest BCUT2D eigenvalue weighted by Gasteiger charge is -2.11. The Bertz CT molecular complexity index is 902. The van der Waals surface area contributed by atoms with Crippen molar-refractivity contribution in [3.05, 3.63) is 53.6 Å². The summed E-state index contributed by atoms with van der Waals surface area (Å²) in [5.74, 6) is 1.77. The Balaban J connectivity index is 2.08. The zero-order valence-corrected chi connectivity index (χ0v) is 15.1. The van der Waals surface area contributed by atoms with Gasteiger partial charge in [0.05, 0.1) is 18.4 Å². The van der Waals surface area contributed by atoms with E-state index in [4.69, 9.17) is 21.6 Å². The molecule has 0 bridgehead atoms. The van der Waals surface area contributed by atoms with E-state index in [9.17, 15) is 0 Å². The first-order chi connectivity index (χ1) is 12.2. The third-order valence-corrected chi connectivity index (χ3v) is 4.42. The SMILES string of the molecule is CCOc1ccc(-n2c(SCC#N)nnc2-c2cccc(Cl)c2)cc1. The molecule has 3 aromatic rings. The van der Waals surface area contributed by atoms with E-state index in [-0.39, 0.29) is 0 Å². The van der Waals surface area contributed by atoms with E-state index in [0.717, 1.165) is 17.0 Å². The van der Waals surface area contributed by atoms with Crippen LogP contribution in [0.3, 0.4) is 0 Å². The van der Waals surface area contributed by atoms with Crippen LogP contribution in [0, 0.1) is 11.3 Å². The average Bonchev–Trinajstić information content (AvgIpc) is 3.05. The summed E-state index contributed by atoms with van der Waals surface area (Å²) < 4.78 is 7.42. The van der Waals surface area contributed by atoms with Crippen LogP contribution in [0.5, 0.6) is 5.75 Å². The molecule has 0 atom stereocenters. The van der Waals surface area contributed by atoms with Gasteiger partial charge in [-0.15, -0.1) is 10.2 Å². The molecule has 25 heavy (non-hydrogen) atoms. The number of hydrogen-bond acceptors (Lipinski definition) is 5. The van der Waals surface area contributed by atoms with Crippen LogP contribution >= 0.6 is 23.4 Å². The predicted octanol–water partition coefficient (Wildman–Crippen LogP) is 4.60. The van der Waals surface area contributed by atoms with Crippen LogP contribution in [0.15, 0.2) is 53.7 Å². The summed E-state index contributed by atoms with van der Waals surface area (Å²) in [7, 11) is 0. The lowest BCUT2D eigenvalue weighted by Crippen LogP contribution is -2.00. The molecule has 0 spiro atoms. The smallest absolute Gasteiger partial charge is 0.197 e. The first kappa shape index (κ1) is 17.3. The Morgan fingerprint density at radius 1 is 1.20 bits per heavy atom. The van der Waals surface area contributed by atoms with Gasteiger partial charge in [-0.1, -0.05) is 35.5 Å². The molecule has 0 saturated heterocycles. The monoisotopic (exact) mass is 370 g/mol. The molecule has 0 fully saturated rings. The highest BCUT2D eigenvalue weighted by Gasteiger charge is 2.16. The van der Waals surface area contributed by atoms with Gasteiger partial charge in [0.25, 0.3) is 0 Å². The molecule has 1 heterocycles. The molecule has 3 rings (SSSR count). The molecule has 0 aliphatic heterocycles. The Hall–Kier alpha value is -2.49. The lowest BCUT2D eigenvalue weighted by molar-refractivity contribution is 0.340. The number of nitriles is 1. The highest BCUT2D eigenvalue weighted by atomic mass is 35.5. The molecule has 0 amide bonds.